The molecule has 0 spiro atoms. The minimum absolute atomic E-state index is 0.132. The Hall–Kier alpha value is -1.60. The minimum Gasteiger partial charge on any atom is -0.328 e. The zero-order valence-electron chi connectivity index (χ0n) is 8.14. The molecule has 0 bridgehead atoms. The van der Waals surface area contributed by atoms with E-state index in [0.29, 0.717) is 12.2 Å². The van der Waals surface area contributed by atoms with Crippen molar-refractivity contribution in [2.45, 2.75) is 0 Å². The van der Waals surface area contributed by atoms with Crippen LogP contribution in [0.2, 0.25) is 0 Å². The summed E-state index contributed by atoms with van der Waals surface area (Å²) in [6.07, 6.45) is 4.94. The maximum atomic E-state index is 12.6. The van der Waals surface area contributed by atoms with Gasteiger partial charge in [0.05, 0.1) is 5.69 Å². The molecule has 16 heavy (non-hydrogen) atoms. The highest BCUT2D eigenvalue weighted by atomic mass is 32.2. The van der Waals surface area contributed by atoms with E-state index >= 15 is 0 Å². The highest BCUT2D eigenvalue weighted by Crippen LogP contribution is 2.25. The van der Waals surface area contributed by atoms with Crippen molar-refractivity contribution in [1.29, 1.82) is 0 Å². The Balaban J connectivity index is 2.21. The molecule has 3 rings (SSSR count). The van der Waals surface area contributed by atoms with E-state index in [1.807, 2.05) is 12.3 Å². The van der Waals surface area contributed by atoms with Crippen LogP contribution in [0.4, 0.5) is 3.89 Å². The lowest BCUT2D eigenvalue weighted by Crippen LogP contribution is -2.20. The molecule has 0 aromatic carbocycles. The van der Waals surface area contributed by atoms with Crippen LogP contribution in [0.25, 0.3) is 16.6 Å². The van der Waals surface area contributed by atoms with Crippen molar-refractivity contribution >= 4 is 28.9 Å². The van der Waals surface area contributed by atoms with Crippen molar-refractivity contribution in [2.75, 3.05) is 6.54 Å². The standard InChI is InChI=1S/C9H8FN5S/c10-16-15-2-1-7-8(6-3-13-14-4-6)11-5-12-9(7)15/h1-3,5,13-14H,4H2. The summed E-state index contributed by atoms with van der Waals surface area (Å²) in [7, 11) is 0. The SMILES string of the molecule is FSn1ccc2c(C3=CNNC3)ncnc21. The van der Waals surface area contributed by atoms with Gasteiger partial charge in [0.2, 0.25) is 0 Å². The first-order valence-electron chi connectivity index (χ1n) is 4.69. The number of nitrogens with one attached hydrogen (secondary N) is 2. The summed E-state index contributed by atoms with van der Waals surface area (Å²) in [4.78, 5) is 8.30. The van der Waals surface area contributed by atoms with Gasteiger partial charge >= 0.3 is 0 Å². The maximum Gasteiger partial charge on any atom is 0.171 e. The third-order valence-electron chi connectivity index (χ3n) is 2.45. The Morgan fingerprint density at radius 1 is 1.44 bits per heavy atom. The number of hydrazine groups is 1. The molecule has 0 radical (unpaired) electrons. The van der Waals surface area contributed by atoms with Gasteiger partial charge in [0.25, 0.3) is 0 Å². The predicted molar refractivity (Wildman–Crippen MR) is 60.7 cm³/mol. The van der Waals surface area contributed by atoms with E-state index in [9.17, 15) is 3.89 Å². The van der Waals surface area contributed by atoms with E-state index in [1.54, 1.807) is 6.20 Å². The van der Waals surface area contributed by atoms with E-state index in [-0.39, 0.29) is 12.3 Å². The van der Waals surface area contributed by atoms with Gasteiger partial charge in [-0.3, -0.25) is 0 Å². The fourth-order valence-corrected chi connectivity index (χ4v) is 2.05. The molecule has 5 nitrogen and oxygen atoms in total. The number of hydrogen-bond donors (Lipinski definition) is 2. The lowest BCUT2D eigenvalue weighted by Gasteiger charge is -2.01. The summed E-state index contributed by atoms with van der Waals surface area (Å²) in [6, 6.07) is 1.82. The monoisotopic (exact) mass is 237 g/mol. The summed E-state index contributed by atoms with van der Waals surface area (Å²) in [5.41, 5.74) is 8.32. The van der Waals surface area contributed by atoms with Crippen LogP contribution in [0.1, 0.15) is 5.69 Å². The van der Waals surface area contributed by atoms with Crippen molar-refractivity contribution in [3.05, 3.63) is 30.5 Å². The minimum atomic E-state index is 0.132. The van der Waals surface area contributed by atoms with Gasteiger partial charge < -0.3 is 5.43 Å². The first kappa shape index (κ1) is 9.61. The molecule has 0 saturated heterocycles. The van der Waals surface area contributed by atoms with Gasteiger partial charge in [-0.1, -0.05) is 0 Å². The average molecular weight is 237 g/mol. The second kappa shape index (κ2) is 3.76. The Kier molecular flexibility index (Phi) is 2.26. The van der Waals surface area contributed by atoms with Crippen LogP contribution in [0.3, 0.4) is 0 Å². The zero-order valence-corrected chi connectivity index (χ0v) is 8.96. The molecule has 2 aromatic heterocycles. The molecule has 82 valence electrons. The Bertz CT molecular complexity index is 564. The summed E-state index contributed by atoms with van der Waals surface area (Å²) in [6.45, 7) is 0.695. The van der Waals surface area contributed by atoms with Gasteiger partial charge in [0.15, 0.2) is 18.0 Å². The van der Waals surface area contributed by atoms with Gasteiger partial charge in [0, 0.05) is 29.9 Å². The summed E-state index contributed by atoms with van der Waals surface area (Å²) in [5, 5.41) is 0.851. The van der Waals surface area contributed by atoms with Gasteiger partial charge in [-0.2, -0.15) is 0 Å². The molecule has 0 amide bonds. The molecule has 0 unspecified atom stereocenters. The second-order valence-corrected chi connectivity index (χ2v) is 3.87. The van der Waals surface area contributed by atoms with Crippen LogP contribution >= 0.6 is 12.3 Å². The summed E-state index contributed by atoms with van der Waals surface area (Å²) in [5.74, 6) is 0. The molecule has 0 atom stereocenters. The number of aromatic nitrogens is 3. The van der Waals surface area contributed by atoms with E-state index in [1.165, 1.54) is 10.3 Å². The van der Waals surface area contributed by atoms with Crippen LogP contribution < -0.4 is 10.9 Å². The molecule has 1 aliphatic rings. The normalized spacial score (nSPS) is 15.2. The fraction of sp³-hybridized carbons (Fsp3) is 0.111. The lowest BCUT2D eigenvalue weighted by molar-refractivity contribution is 0.729. The van der Waals surface area contributed by atoms with E-state index in [4.69, 9.17) is 0 Å². The quantitative estimate of drug-likeness (QED) is 0.823. The average Bonchev–Trinajstić information content (AvgIpc) is 2.97. The van der Waals surface area contributed by atoms with Crippen molar-refractivity contribution in [2.24, 2.45) is 0 Å². The van der Waals surface area contributed by atoms with Crippen LogP contribution in [-0.4, -0.2) is 20.5 Å². The van der Waals surface area contributed by atoms with Crippen LogP contribution in [-0.2, 0) is 0 Å². The van der Waals surface area contributed by atoms with E-state index < -0.39 is 0 Å². The van der Waals surface area contributed by atoms with Crippen LogP contribution in [0.15, 0.2) is 24.8 Å². The third kappa shape index (κ3) is 1.36. The predicted octanol–water partition coefficient (Wildman–Crippen LogP) is 1.26. The Morgan fingerprint density at radius 2 is 2.38 bits per heavy atom. The molecule has 3 heterocycles. The lowest BCUT2D eigenvalue weighted by atomic mass is 10.1. The van der Waals surface area contributed by atoms with Gasteiger partial charge in [-0.25, -0.2) is 19.4 Å². The fourth-order valence-electron chi connectivity index (χ4n) is 1.73. The largest absolute Gasteiger partial charge is 0.328 e. The van der Waals surface area contributed by atoms with Crippen LogP contribution in [0, 0.1) is 0 Å². The Morgan fingerprint density at radius 3 is 3.12 bits per heavy atom. The number of nitrogens with zero attached hydrogens (tertiary/aromatic N) is 3. The molecular weight excluding hydrogens is 229 g/mol. The van der Waals surface area contributed by atoms with Crippen molar-refractivity contribution < 1.29 is 3.89 Å². The topological polar surface area (TPSA) is 54.8 Å². The number of hydrogen-bond acceptors (Lipinski definition) is 5. The van der Waals surface area contributed by atoms with Crippen molar-refractivity contribution in [1.82, 2.24) is 24.8 Å². The highest BCUT2D eigenvalue weighted by Gasteiger charge is 2.14. The second-order valence-electron chi connectivity index (χ2n) is 3.34. The third-order valence-corrected chi connectivity index (χ3v) is 2.90. The smallest absolute Gasteiger partial charge is 0.171 e. The zero-order chi connectivity index (χ0) is 11.0. The highest BCUT2D eigenvalue weighted by molar-refractivity contribution is 7.92. The van der Waals surface area contributed by atoms with Crippen molar-refractivity contribution in [3.8, 4) is 0 Å². The maximum absolute atomic E-state index is 12.6. The van der Waals surface area contributed by atoms with Gasteiger partial charge in [-0.15, -0.1) is 3.89 Å². The molecule has 2 aromatic rings. The molecule has 0 fully saturated rings. The molecule has 1 aliphatic heterocycles. The molecule has 0 saturated carbocycles. The number of fused-ring (bicyclic) bond motifs is 1. The van der Waals surface area contributed by atoms with Crippen LogP contribution in [0.5, 0.6) is 0 Å². The first-order valence-corrected chi connectivity index (χ1v) is 5.36. The number of rotatable bonds is 2. The number of halogens is 1. The van der Waals surface area contributed by atoms with E-state index in [0.717, 1.165) is 16.7 Å². The molecular formula is C9H8FN5S. The molecule has 2 N–H and O–H groups in total. The summed E-state index contributed by atoms with van der Waals surface area (Å²) >= 11 is 0.132. The van der Waals surface area contributed by atoms with Gasteiger partial charge in [0.1, 0.15) is 6.33 Å². The van der Waals surface area contributed by atoms with E-state index in [2.05, 4.69) is 20.8 Å². The molecule has 7 heteroatoms. The summed E-state index contributed by atoms with van der Waals surface area (Å²) < 4.78 is 13.9. The van der Waals surface area contributed by atoms with Gasteiger partial charge in [-0.05, 0) is 6.07 Å². The first-order chi connectivity index (χ1) is 7.90. The molecule has 0 aliphatic carbocycles. The van der Waals surface area contributed by atoms with Crippen molar-refractivity contribution in [3.63, 3.8) is 0 Å². The Labute approximate surface area is 95.2 Å².